The zero-order valence-electron chi connectivity index (χ0n) is 8.51. The Morgan fingerprint density at radius 1 is 1.05 bits per heavy atom. The Morgan fingerprint density at radius 2 is 1.47 bits per heavy atom. The number of thioether (sulfide) groups is 1. The van der Waals surface area contributed by atoms with Crippen LogP contribution in [-0.2, 0) is 10.2 Å². The van der Waals surface area contributed by atoms with Crippen molar-refractivity contribution in [3.05, 3.63) is 28.2 Å². The lowest BCUT2D eigenvalue weighted by atomic mass is 10.4. The van der Waals surface area contributed by atoms with Crippen LogP contribution in [0.2, 0.25) is 10.0 Å². The van der Waals surface area contributed by atoms with Crippen molar-refractivity contribution < 1.29 is 29.9 Å². The second-order valence-electron chi connectivity index (χ2n) is 3.12. The second-order valence-corrected chi connectivity index (χ2v) is 6.45. The highest BCUT2D eigenvalue weighted by Crippen LogP contribution is 2.52. The van der Waals surface area contributed by atoms with Crippen molar-refractivity contribution in [2.75, 3.05) is 0 Å². The minimum Gasteiger partial charge on any atom is -0.188 e. The first-order chi connectivity index (χ1) is 8.40. The molecule has 0 aliphatic carbocycles. The van der Waals surface area contributed by atoms with Gasteiger partial charge in [-0.3, -0.25) is 0 Å². The van der Waals surface area contributed by atoms with Crippen molar-refractivity contribution in [2.45, 2.75) is 15.4 Å². The fourth-order valence-electron chi connectivity index (χ4n) is 0.910. The third kappa shape index (κ3) is 3.26. The molecule has 0 bridgehead atoms. The van der Waals surface area contributed by atoms with Crippen LogP contribution in [-0.4, -0.2) is 18.9 Å². The standard InChI is InChI=1S/C8H3Cl2F5O2S2/c9-4-2-1-3-5(10)6(4)18-7(11,12)8(13,14)19(15,16)17/h1-3H. The van der Waals surface area contributed by atoms with Crippen LogP contribution in [0.15, 0.2) is 23.1 Å². The van der Waals surface area contributed by atoms with Crippen molar-refractivity contribution in [1.82, 2.24) is 0 Å². The van der Waals surface area contributed by atoms with E-state index in [0.717, 1.165) is 12.1 Å². The van der Waals surface area contributed by atoms with E-state index < -0.39 is 47.4 Å². The Bertz CT molecular complexity index is 571. The molecule has 0 heterocycles. The van der Waals surface area contributed by atoms with Gasteiger partial charge in [-0.1, -0.05) is 33.2 Å². The Kier molecular flexibility index (Phi) is 4.66. The van der Waals surface area contributed by atoms with Gasteiger partial charge in [0.2, 0.25) is 0 Å². The molecular formula is C8H3Cl2F5O2S2. The van der Waals surface area contributed by atoms with Crippen LogP contribution in [0.3, 0.4) is 0 Å². The smallest absolute Gasteiger partial charge is 0.188 e. The molecule has 0 aliphatic heterocycles. The number of alkyl halides is 4. The summed E-state index contributed by atoms with van der Waals surface area (Å²) in [5, 5.41) is -12.0. The first-order valence-corrected chi connectivity index (χ1v) is 7.18. The Morgan fingerprint density at radius 3 is 1.84 bits per heavy atom. The third-order valence-corrected chi connectivity index (χ3v) is 4.80. The number of hydrogen-bond acceptors (Lipinski definition) is 3. The van der Waals surface area contributed by atoms with Gasteiger partial charge >= 0.3 is 20.7 Å². The van der Waals surface area contributed by atoms with Crippen LogP contribution in [0.25, 0.3) is 0 Å². The number of hydrogen-bond donors (Lipinski definition) is 0. The van der Waals surface area contributed by atoms with Crippen molar-refractivity contribution in [3.63, 3.8) is 0 Å². The van der Waals surface area contributed by atoms with E-state index in [2.05, 4.69) is 0 Å². The minimum atomic E-state index is -6.80. The predicted octanol–water partition coefficient (Wildman–Crippen LogP) is 4.57. The van der Waals surface area contributed by atoms with Crippen LogP contribution in [0, 0.1) is 0 Å². The number of rotatable bonds is 4. The molecule has 1 aromatic carbocycles. The topological polar surface area (TPSA) is 34.1 Å². The summed E-state index contributed by atoms with van der Waals surface area (Å²) in [4.78, 5) is -0.681. The van der Waals surface area contributed by atoms with Crippen molar-refractivity contribution >= 4 is 45.2 Å². The molecule has 108 valence electrons. The summed E-state index contributed by atoms with van der Waals surface area (Å²) in [5.41, 5.74) is 0. The van der Waals surface area contributed by atoms with Gasteiger partial charge in [0.05, 0.1) is 14.9 Å². The van der Waals surface area contributed by atoms with Gasteiger partial charge in [-0.15, -0.1) is 0 Å². The van der Waals surface area contributed by atoms with Gasteiger partial charge in [-0.25, -0.2) is 0 Å². The van der Waals surface area contributed by atoms with Crippen LogP contribution < -0.4 is 0 Å². The fraction of sp³-hybridized carbons (Fsp3) is 0.250. The molecule has 0 saturated carbocycles. The van der Waals surface area contributed by atoms with Gasteiger partial charge in [0, 0.05) is 0 Å². The Labute approximate surface area is 119 Å². The first kappa shape index (κ1) is 16.8. The number of halogens is 7. The van der Waals surface area contributed by atoms with Crippen LogP contribution in [0.5, 0.6) is 0 Å². The molecular weight excluding hydrogens is 358 g/mol. The maximum absolute atomic E-state index is 13.2. The van der Waals surface area contributed by atoms with E-state index in [4.69, 9.17) is 23.2 Å². The molecule has 2 nitrogen and oxygen atoms in total. The molecule has 19 heavy (non-hydrogen) atoms. The summed E-state index contributed by atoms with van der Waals surface area (Å²) in [6, 6.07) is 3.42. The van der Waals surface area contributed by atoms with Gasteiger partial charge in [0.1, 0.15) is 0 Å². The van der Waals surface area contributed by atoms with E-state index >= 15 is 0 Å². The molecule has 0 atom stereocenters. The zero-order chi connectivity index (χ0) is 15.1. The zero-order valence-corrected chi connectivity index (χ0v) is 11.7. The van der Waals surface area contributed by atoms with Gasteiger partial charge in [0.25, 0.3) is 0 Å². The van der Waals surface area contributed by atoms with E-state index in [-0.39, 0.29) is 0 Å². The molecule has 0 aliphatic rings. The van der Waals surface area contributed by atoms with E-state index in [9.17, 15) is 29.9 Å². The Hall–Kier alpha value is -0.250. The molecule has 0 unspecified atom stereocenters. The quantitative estimate of drug-likeness (QED) is 0.448. The maximum Gasteiger partial charge on any atom is 0.446 e. The fourth-order valence-corrected chi connectivity index (χ4v) is 2.95. The predicted molar refractivity (Wildman–Crippen MR) is 62.2 cm³/mol. The molecule has 1 aromatic rings. The second kappa shape index (κ2) is 5.27. The lowest BCUT2D eigenvalue weighted by molar-refractivity contribution is -0.0927. The molecule has 0 saturated heterocycles. The molecule has 0 radical (unpaired) electrons. The molecule has 1 rings (SSSR count). The number of benzene rings is 1. The van der Waals surface area contributed by atoms with Crippen LogP contribution in [0.4, 0.5) is 21.4 Å². The van der Waals surface area contributed by atoms with Gasteiger partial charge < -0.3 is 0 Å². The highest BCUT2D eigenvalue weighted by Gasteiger charge is 2.67. The molecule has 0 fully saturated rings. The SMILES string of the molecule is O=S(=O)(F)C(F)(F)C(F)(F)Sc1c(Cl)cccc1Cl. The summed E-state index contributed by atoms with van der Waals surface area (Å²) in [6.45, 7) is 0. The highest BCUT2D eigenvalue weighted by atomic mass is 35.5. The average molecular weight is 361 g/mol. The van der Waals surface area contributed by atoms with Crippen molar-refractivity contribution in [2.24, 2.45) is 0 Å². The molecule has 0 aromatic heterocycles. The summed E-state index contributed by atoms with van der Waals surface area (Å²) in [7, 11) is -6.80. The van der Waals surface area contributed by atoms with E-state index in [1.165, 1.54) is 6.07 Å². The van der Waals surface area contributed by atoms with Crippen molar-refractivity contribution in [3.8, 4) is 0 Å². The average Bonchev–Trinajstić information content (AvgIpc) is 2.22. The molecule has 0 spiro atoms. The maximum atomic E-state index is 13.2. The van der Waals surface area contributed by atoms with Crippen LogP contribution in [0.1, 0.15) is 0 Å². The third-order valence-electron chi connectivity index (χ3n) is 1.79. The largest absolute Gasteiger partial charge is 0.446 e. The van der Waals surface area contributed by atoms with E-state index in [1.807, 2.05) is 0 Å². The summed E-state index contributed by atoms with van der Waals surface area (Å²) in [6.07, 6.45) is 0. The summed E-state index contributed by atoms with van der Waals surface area (Å²) < 4.78 is 84.5. The molecule has 0 N–H and O–H groups in total. The lowest BCUT2D eigenvalue weighted by Gasteiger charge is -2.22. The summed E-state index contributed by atoms with van der Waals surface area (Å²) in [5.74, 6) is 0. The van der Waals surface area contributed by atoms with E-state index in [0.29, 0.717) is 0 Å². The molecule has 11 heteroatoms. The van der Waals surface area contributed by atoms with E-state index in [1.54, 1.807) is 0 Å². The highest BCUT2D eigenvalue weighted by molar-refractivity contribution is 8.01. The first-order valence-electron chi connectivity index (χ1n) is 4.23. The van der Waals surface area contributed by atoms with Gasteiger partial charge in [0.15, 0.2) is 0 Å². The van der Waals surface area contributed by atoms with Gasteiger partial charge in [-0.2, -0.15) is 26.0 Å². The van der Waals surface area contributed by atoms with Crippen LogP contribution >= 0.6 is 35.0 Å². The minimum absolute atomic E-state index is 0.399. The normalized spacial score (nSPS) is 13.6. The van der Waals surface area contributed by atoms with Crippen molar-refractivity contribution in [1.29, 1.82) is 0 Å². The van der Waals surface area contributed by atoms with Gasteiger partial charge in [-0.05, 0) is 23.9 Å². The molecule has 0 amide bonds. The summed E-state index contributed by atoms with van der Waals surface area (Å²) >= 11 is 10.0. The monoisotopic (exact) mass is 360 g/mol. The lowest BCUT2D eigenvalue weighted by Crippen LogP contribution is -2.42. The Balaban J connectivity index is 3.24.